The van der Waals surface area contributed by atoms with Crippen LogP contribution in [0.25, 0.3) is 0 Å². The third-order valence-electron chi connectivity index (χ3n) is 2.68. The summed E-state index contributed by atoms with van der Waals surface area (Å²) in [6.45, 7) is 2.10. The summed E-state index contributed by atoms with van der Waals surface area (Å²) in [5.74, 6) is -0.0155. The molecule has 0 heterocycles. The molecule has 2 atom stereocenters. The summed E-state index contributed by atoms with van der Waals surface area (Å²) in [6, 6.07) is 6.69. The van der Waals surface area contributed by atoms with Gasteiger partial charge in [0.1, 0.15) is 0 Å². The lowest BCUT2D eigenvalue weighted by molar-refractivity contribution is -0.130. The van der Waals surface area contributed by atoms with Crippen LogP contribution in [0.15, 0.2) is 24.3 Å². The van der Waals surface area contributed by atoms with Crippen LogP contribution in [-0.4, -0.2) is 42.6 Å². The normalized spacial score (nSPS) is 14.1. The molecule has 0 aliphatic rings. The fraction of sp³-hybridized carbons (Fsp3) is 0.462. The van der Waals surface area contributed by atoms with E-state index in [1.165, 1.54) is 4.90 Å². The van der Waals surface area contributed by atoms with Gasteiger partial charge in [-0.25, -0.2) is 0 Å². The van der Waals surface area contributed by atoms with Crippen molar-refractivity contribution in [3.8, 4) is 0 Å². The van der Waals surface area contributed by atoms with E-state index in [9.17, 15) is 9.90 Å². The number of amides is 1. The predicted octanol–water partition coefficient (Wildman–Crippen LogP) is 1.44. The molecule has 0 radical (unpaired) electrons. The van der Waals surface area contributed by atoms with E-state index in [0.717, 1.165) is 5.56 Å². The highest BCUT2D eigenvalue weighted by Gasteiger charge is 2.16. The van der Waals surface area contributed by atoms with Gasteiger partial charge in [0.05, 0.1) is 12.1 Å². The van der Waals surface area contributed by atoms with Crippen LogP contribution in [0.3, 0.4) is 0 Å². The first-order valence-electron chi connectivity index (χ1n) is 5.80. The Morgan fingerprint density at radius 3 is 2.44 bits per heavy atom. The quantitative estimate of drug-likeness (QED) is 0.851. The second-order valence-electron chi connectivity index (χ2n) is 4.43. The molecular weight excluding hydrogens is 252 g/mol. The number of halogens is 1. The Balaban J connectivity index is 2.48. The molecule has 1 amide bonds. The van der Waals surface area contributed by atoms with Gasteiger partial charge in [-0.1, -0.05) is 23.7 Å². The van der Waals surface area contributed by atoms with Crippen LogP contribution in [0, 0.1) is 0 Å². The van der Waals surface area contributed by atoms with Crippen molar-refractivity contribution in [1.82, 2.24) is 10.2 Å². The van der Waals surface area contributed by atoms with Crippen molar-refractivity contribution >= 4 is 17.5 Å². The minimum Gasteiger partial charge on any atom is -0.387 e. The molecule has 2 N–H and O–H groups in total. The van der Waals surface area contributed by atoms with E-state index in [-0.39, 0.29) is 11.9 Å². The first-order valence-corrected chi connectivity index (χ1v) is 6.17. The Kier molecular flexibility index (Phi) is 5.59. The number of aliphatic hydroxyl groups is 1. The molecule has 0 fully saturated rings. The Hall–Kier alpha value is -1.10. The van der Waals surface area contributed by atoms with Gasteiger partial charge in [0, 0.05) is 25.7 Å². The van der Waals surface area contributed by atoms with Gasteiger partial charge >= 0.3 is 0 Å². The molecule has 2 unspecified atom stereocenters. The maximum absolute atomic E-state index is 11.6. The molecule has 0 saturated carbocycles. The van der Waals surface area contributed by atoms with Crippen molar-refractivity contribution < 1.29 is 9.90 Å². The van der Waals surface area contributed by atoms with E-state index in [2.05, 4.69) is 5.32 Å². The number of hydrogen-bond donors (Lipinski definition) is 2. The first kappa shape index (κ1) is 15.0. The molecule has 0 bridgehead atoms. The van der Waals surface area contributed by atoms with Crippen LogP contribution in [0.1, 0.15) is 18.6 Å². The maximum Gasteiger partial charge on any atom is 0.238 e. The zero-order valence-corrected chi connectivity index (χ0v) is 11.6. The van der Waals surface area contributed by atoms with Crippen LogP contribution in [-0.2, 0) is 4.79 Å². The van der Waals surface area contributed by atoms with Crippen molar-refractivity contribution in [1.29, 1.82) is 0 Å². The highest BCUT2D eigenvalue weighted by atomic mass is 35.5. The molecule has 0 aliphatic heterocycles. The highest BCUT2D eigenvalue weighted by Crippen LogP contribution is 2.15. The second-order valence-corrected chi connectivity index (χ2v) is 4.87. The Labute approximate surface area is 113 Å². The number of carbonyl (C=O) groups is 1. The van der Waals surface area contributed by atoms with Gasteiger partial charge in [-0.05, 0) is 24.6 Å². The summed E-state index contributed by atoms with van der Waals surface area (Å²) in [4.78, 5) is 13.1. The molecule has 0 aliphatic carbocycles. The van der Waals surface area contributed by atoms with Gasteiger partial charge in [-0.2, -0.15) is 0 Å². The lowest BCUT2D eigenvalue weighted by atomic mass is 10.1. The average molecular weight is 271 g/mol. The number of carbonyl (C=O) groups excluding carboxylic acids is 1. The molecule has 0 aromatic heterocycles. The number of likely N-dealkylation sites (N-methyl/N-ethyl adjacent to an activating group) is 1. The van der Waals surface area contributed by atoms with Gasteiger partial charge in [0.15, 0.2) is 0 Å². The van der Waals surface area contributed by atoms with Crippen molar-refractivity contribution in [2.24, 2.45) is 0 Å². The summed E-state index contributed by atoms with van der Waals surface area (Å²) >= 11 is 5.77. The molecule has 1 aromatic carbocycles. The molecule has 5 heteroatoms. The highest BCUT2D eigenvalue weighted by molar-refractivity contribution is 6.30. The summed E-state index contributed by atoms with van der Waals surface area (Å²) in [5.41, 5.74) is 0.774. The third-order valence-corrected chi connectivity index (χ3v) is 2.94. The van der Waals surface area contributed by atoms with Crippen LogP contribution >= 0.6 is 11.6 Å². The second kappa shape index (κ2) is 6.73. The number of nitrogens with zero attached hydrogens (tertiary/aromatic N) is 1. The summed E-state index contributed by atoms with van der Waals surface area (Å²) in [6.07, 6.45) is -0.653. The fourth-order valence-electron chi connectivity index (χ4n) is 1.57. The smallest absolute Gasteiger partial charge is 0.238 e. The number of rotatable bonds is 5. The average Bonchev–Trinajstić information content (AvgIpc) is 2.35. The van der Waals surface area contributed by atoms with Gasteiger partial charge in [0.25, 0.3) is 0 Å². The van der Waals surface area contributed by atoms with Crippen molar-refractivity contribution in [3.63, 3.8) is 0 Å². The molecule has 18 heavy (non-hydrogen) atoms. The minimum absolute atomic E-state index is 0.0155. The molecule has 100 valence electrons. The fourth-order valence-corrected chi connectivity index (χ4v) is 1.69. The van der Waals surface area contributed by atoms with Crippen LogP contribution < -0.4 is 5.32 Å². The van der Waals surface area contributed by atoms with Crippen molar-refractivity contribution in [2.45, 2.75) is 19.1 Å². The molecule has 0 saturated heterocycles. The number of nitrogens with one attached hydrogen (secondary N) is 1. The lowest BCUT2D eigenvalue weighted by Gasteiger charge is -2.20. The molecule has 1 rings (SSSR count). The third kappa shape index (κ3) is 4.29. The van der Waals surface area contributed by atoms with Crippen LogP contribution in [0.4, 0.5) is 0 Å². The number of hydrogen-bond acceptors (Lipinski definition) is 3. The molecule has 4 nitrogen and oxygen atoms in total. The Morgan fingerprint density at radius 1 is 1.39 bits per heavy atom. The zero-order chi connectivity index (χ0) is 13.7. The predicted molar refractivity (Wildman–Crippen MR) is 72.6 cm³/mol. The SMILES string of the molecule is CC(NCC(O)c1ccc(Cl)cc1)C(=O)N(C)C. The van der Waals surface area contributed by atoms with Gasteiger partial charge in [-0.3, -0.25) is 4.79 Å². The molecular formula is C13H19ClN2O2. The van der Waals surface area contributed by atoms with Gasteiger partial charge < -0.3 is 15.3 Å². The first-order chi connectivity index (χ1) is 8.41. The topological polar surface area (TPSA) is 52.6 Å². The van der Waals surface area contributed by atoms with E-state index in [0.29, 0.717) is 11.6 Å². The van der Waals surface area contributed by atoms with E-state index in [1.807, 2.05) is 0 Å². The largest absolute Gasteiger partial charge is 0.387 e. The Morgan fingerprint density at radius 2 is 1.94 bits per heavy atom. The molecule has 1 aromatic rings. The van der Waals surface area contributed by atoms with E-state index in [4.69, 9.17) is 11.6 Å². The van der Waals surface area contributed by atoms with Crippen LogP contribution in [0.2, 0.25) is 5.02 Å². The standard InChI is InChI=1S/C13H19ClN2O2/c1-9(13(18)16(2)3)15-8-12(17)10-4-6-11(14)7-5-10/h4-7,9,12,15,17H,8H2,1-3H3. The van der Waals surface area contributed by atoms with Gasteiger partial charge in [0.2, 0.25) is 5.91 Å². The molecule has 0 spiro atoms. The van der Waals surface area contributed by atoms with Crippen molar-refractivity contribution in [3.05, 3.63) is 34.9 Å². The summed E-state index contributed by atoms with van der Waals surface area (Å²) in [7, 11) is 3.41. The lowest BCUT2D eigenvalue weighted by Crippen LogP contribution is -2.42. The van der Waals surface area contributed by atoms with E-state index in [1.54, 1.807) is 45.3 Å². The number of benzene rings is 1. The van der Waals surface area contributed by atoms with E-state index >= 15 is 0 Å². The van der Waals surface area contributed by atoms with Crippen LogP contribution in [0.5, 0.6) is 0 Å². The van der Waals surface area contributed by atoms with E-state index < -0.39 is 6.10 Å². The zero-order valence-electron chi connectivity index (χ0n) is 10.9. The summed E-state index contributed by atoms with van der Waals surface area (Å²) in [5, 5.41) is 13.6. The monoisotopic (exact) mass is 270 g/mol. The summed E-state index contributed by atoms with van der Waals surface area (Å²) < 4.78 is 0. The van der Waals surface area contributed by atoms with Crippen molar-refractivity contribution in [2.75, 3.05) is 20.6 Å². The Bertz CT molecular complexity index is 392. The van der Waals surface area contributed by atoms with Gasteiger partial charge in [-0.15, -0.1) is 0 Å². The minimum atomic E-state index is -0.653. The maximum atomic E-state index is 11.6. The number of aliphatic hydroxyl groups excluding tert-OH is 1.